The number of fused-ring (bicyclic) bond motifs is 1. The van der Waals surface area contributed by atoms with Crippen LogP contribution in [-0.4, -0.2) is 39.3 Å². The Morgan fingerprint density at radius 1 is 1.21 bits per heavy atom. The molecule has 0 saturated carbocycles. The Kier molecular flexibility index (Phi) is 7.08. The molecule has 1 aliphatic rings. The summed E-state index contributed by atoms with van der Waals surface area (Å²) in [5, 5.41) is 11.9. The molecule has 0 fully saturated rings. The van der Waals surface area contributed by atoms with Crippen molar-refractivity contribution in [3.05, 3.63) is 53.3 Å². The second-order valence-corrected chi connectivity index (χ2v) is 8.73. The average Bonchev–Trinajstić information content (AvgIpc) is 3.23. The minimum Gasteiger partial charge on any atom is -0.497 e. The molecule has 33 heavy (non-hydrogen) atoms. The molecule has 1 amide bonds. The number of ether oxygens (including phenoxy) is 1. The lowest BCUT2D eigenvalue weighted by atomic mass is 9.98. The highest BCUT2D eigenvalue weighted by Gasteiger charge is 2.22. The summed E-state index contributed by atoms with van der Waals surface area (Å²) in [5.41, 5.74) is 2.15. The van der Waals surface area contributed by atoms with Crippen molar-refractivity contribution in [3.8, 4) is 17.1 Å². The van der Waals surface area contributed by atoms with E-state index < -0.39 is 5.82 Å². The Labute approximate surface area is 195 Å². The highest BCUT2D eigenvalue weighted by atomic mass is 32.2. The van der Waals surface area contributed by atoms with E-state index in [4.69, 9.17) is 4.74 Å². The van der Waals surface area contributed by atoms with Crippen LogP contribution >= 0.6 is 11.8 Å². The lowest BCUT2D eigenvalue weighted by Crippen LogP contribution is -2.20. The van der Waals surface area contributed by atoms with Crippen molar-refractivity contribution in [1.82, 2.24) is 14.8 Å². The molecule has 2 aromatic carbocycles. The fourth-order valence-corrected chi connectivity index (χ4v) is 4.54. The largest absolute Gasteiger partial charge is 0.497 e. The minimum atomic E-state index is -0.632. The predicted octanol–water partition coefficient (Wildman–Crippen LogP) is 4.75. The van der Waals surface area contributed by atoms with Gasteiger partial charge in [-0.05, 0) is 54.8 Å². The molecular formula is C24H25FN4O3S. The summed E-state index contributed by atoms with van der Waals surface area (Å²) < 4.78 is 21.8. The number of carbonyl (C=O) groups is 2. The van der Waals surface area contributed by atoms with Crippen LogP contribution in [0.1, 0.15) is 42.1 Å². The van der Waals surface area contributed by atoms with Crippen molar-refractivity contribution in [2.24, 2.45) is 0 Å². The molecule has 0 spiro atoms. The zero-order valence-electron chi connectivity index (χ0n) is 18.6. The van der Waals surface area contributed by atoms with Gasteiger partial charge < -0.3 is 14.6 Å². The fraction of sp³-hybridized carbons (Fsp3) is 0.333. The van der Waals surface area contributed by atoms with Gasteiger partial charge in [0, 0.05) is 24.2 Å². The molecule has 7 nitrogen and oxygen atoms in total. The van der Waals surface area contributed by atoms with Crippen molar-refractivity contribution in [2.75, 3.05) is 18.2 Å². The number of carbonyl (C=O) groups excluding carboxylic acids is 2. The van der Waals surface area contributed by atoms with Gasteiger partial charge in [0.25, 0.3) is 0 Å². The number of ketones is 1. The Morgan fingerprint density at radius 2 is 2.00 bits per heavy atom. The van der Waals surface area contributed by atoms with Crippen LogP contribution in [0.3, 0.4) is 0 Å². The first kappa shape index (κ1) is 23.0. The third-order valence-corrected chi connectivity index (χ3v) is 6.49. The van der Waals surface area contributed by atoms with E-state index in [0.29, 0.717) is 30.2 Å². The van der Waals surface area contributed by atoms with E-state index in [1.807, 2.05) is 28.8 Å². The van der Waals surface area contributed by atoms with E-state index in [1.165, 1.54) is 17.8 Å². The monoisotopic (exact) mass is 468 g/mol. The van der Waals surface area contributed by atoms with Gasteiger partial charge in [-0.2, -0.15) is 0 Å². The van der Waals surface area contributed by atoms with E-state index in [0.717, 1.165) is 35.5 Å². The van der Waals surface area contributed by atoms with E-state index in [1.54, 1.807) is 13.2 Å². The van der Waals surface area contributed by atoms with Crippen molar-refractivity contribution < 1.29 is 18.7 Å². The lowest BCUT2D eigenvalue weighted by molar-refractivity contribution is -0.116. The summed E-state index contributed by atoms with van der Waals surface area (Å²) >= 11 is 1.25. The second-order valence-electron chi connectivity index (χ2n) is 7.79. The molecule has 0 atom stereocenters. The molecule has 1 aliphatic heterocycles. The van der Waals surface area contributed by atoms with E-state index in [2.05, 4.69) is 22.4 Å². The number of hydrogen-bond acceptors (Lipinski definition) is 6. The van der Waals surface area contributed by atoms with E-state index in [-0.39, 0.29) is 23.0 Å². The average molecular weight is 469 g/mol. The summed E-state index contributed by atoms with van der Waals surface area (Å²) in [6, 6.07) is 10.4. The first-order valence-electron chi connectivity index (χ1n) is 10.9. The SMILES string of the molecule is CCCCn1c(SCC(=O)c2cc3c(cc2F)NC(=O)CC3)nnc1-c1ccc(OC)cc1. The van der Waals surface area contributed by atoms with Gasteiger partial charge in [0.05, 0.1) is 18.4 Å². The number of nitrogens with one attached hydrogen (secondary N) is 1. The third-order valence-electron chi connectivity index (χ3n) is 5.52. The summed E-state index contributed by atoms with van der Waals surface area (Å²) in [5.74, 6) is 0.410. The number of amides is 1. The van der Waals surface area contributed by atoms with Crippen LogP contribution in [0.15, 0.2) is 41.6 Å². The quantitative estimate of drug-likeness (QED) is 0.360. The number of aromatic nitrogens is 3. The van der Waals surface area contributed by atoms with Crippen LogP contribution in [0, 0.1) is 5.82 Å². The number of nitrogens with zero attached hydrogens (tertiary/aromatic N) is 3. The third kappa shape index (κ3) is 5.08. The summed E-state index contributed by atoms with van der Waals surface area (Å²) in [6.45, 7) is 2.82. The Balaban J connectivity index is 1.53. The molecule has 3 aromatic rings. The van der Waals surface area contributed by atoms with Crippen LogP contribution in [0.25, 0.3) is 11.4 Å². The highest BCUT2D eigenvalue weighted by molar-refractivity contribution is 7.99. The number of halogens is 1. The van der Waals surface area contributed by atoms with Gasteiger partial charge in [0.15, 0.2) is 16.8 Å². The molecule has 0 aliphatic carbocycles. The van der Waals surface area contributed by atoms with Crippen molar-refractivity contribution >= 4 is 29.1 Å². The van der Waals surface area contributed by atoms with Crippen molar-refractivity contribution in [3.63, 3.8) is 0 Å². The molecule has 0 saturated heterocycles. The molecule has 172 valence electrons. The van der Waals surface area contributed by atoms with Crippen molar-refractivity contribution in [1.29, 1.82) is 0 Å². The smallest absolute Gasteiger partial charge is 0.224 e. The Hall–Kier alpha value is -3.20. The Morgan fingerprint density at radius 3 is 2.73 bits per heavy atom. The maximum absolute atomic E-state index is 14.6. The van der Waals surface area contributed by atoms with Gasteiger partial charge in [0.1, 0.15) is 11.6 Å². The van der Waals surface area contributed by atoms with Gasteiger partial charge in [-0.1, -0.05) is 25.1 Å². The predicted molar refractivity (Wildman–Crippen MR) is 125 cm³/mol. The van der Waals surface area contributed by atoms with Crippen LogP contribution in [-0.2, 0) is 17.8 Å². The van der Waals surface area contributed by atoms with Crippen LogP contribution in [0.5, 0.6) is 5.75 Å². The number of rotatable bonds is 9. The normalized spacial score (nSPS) is 12.9. The summed E-state index contributed by atoms with van der Waals surface area (Å²) in [4.78, 5) is 24.4. The fourth-order valence-electron chi connectivity index (χ4n) is 3.69. The maximum Gasteiger partial charge on any atom is 0.224 e. The standard InChI is InChI=1S/C24H25FN4O3S/c1-3-4-11-29-23(15-5-8-17(32-2)9-6-15)27-28-24(29)33-14-21(30)18-12-16-7-10-22(31)26-20(16)13-19(18)25/h5-6,8-9,12-13H,3-4,7,10-11,14H2,1-2H3,(H,26,31). The minimum absolute atomic E-state index is 0.0346. The summed E-state index contributed by atoms with van der Waals surface area (Å²) in [6.07, 6.45) is 2.76. The van der Waals surface area contributed by atoms with E-state index >= 15 is 0 Å². The number of thioether (sulfide) groups is 1. The second kappa shape index (κ2) is 10.2. The first-order chi connectivity index (χ1) is 16.0. The number of benzene rings is 2. The summed E-state index contributed by atoms with van der Waals surface area (Å²) in [7, 11) is 1.62. The Bertz CT molecular complexity index is 1180. The maximum atomic E-state index is 14.6. The number of unbranched alkanes of at least 4 members (excludes halogenated alkanes) is 1. The number of methoxy groups -OCH3 is 1. The lowest BCUT2D eigenvalue weighted by Gasteiger charge is -2.18. The molecule has 1 N–H and O–H groups in total. The van der Waals surface area contributed by atoms with Crippen LogP contribution in [0.2, 0.25) is 0 Å². The number of hydrogen-bond donors (Lipinski definition) is 1. The highest BCUT2D eigenvalue weighted by Crippen LogP contribution is 2.29. The van der Waals surface area contributed by atoms with Crippen molar-refractivity contribution in [2.45, 2.75) is 44.3 Å². The number of aryl methyl sites for hydroxylation is 1. The zero-order chi connectivity index (χ0) is 23.4. The van der Waals surface area contributed by atoms with Crippen LogP contribution in [0.4, 0.5) is 10.1 Å². The van der Waals surface area contributed by atoms with E-state index in [9.17, 15) is 14.0 Å². The molecule has 1 aromatic heterocycles. The van der Waals surface area contributed by atoms with Gasteiger partial charge in [-0.25, -0.2) is 4.39 Å². The van der Waals surface area contributed by atoms with Gasteiger partial charge in [0.2, 0.25) is 5.91 Å². The number of Topliss-reactive ketones (excluding diaryl/α,β-unsaturated/α-hetero) is 1. The molecule has 4 rings (SSSR count). The first-order valence-corrected chi connectivity index (χ1v) is 11.8. The molecule has 0 unspecified atom stereocenters. The van der Waals surface area contributed by atoms with Crippen LogP contribution < -0.4 is 10.1 Å². The molecular weight excluding hydrogens is 443 g/mol. The molecule has 9 heteroatoms. The molecule has 2 heterocycles. The van der Waals surface area contributed by atoms with Gasteiger partial charge in [-0.15, -0.1) is 10.2 Å². The molecule has 0 radical (unpaired) electrons. The topological polar surface area (TPSA) is 86.1 Å². The van der Waals surface area contributed by atoms with Gasteiger partial charge in [-0.3, -0.25) is 9.59 Å². The zero-order valence-corrected chi connectivity index (χ0v) is 19.4. The molecule has 0 bridgehead atoms. The number of anilines is 1. The van der Waals surface area contributed by atoms with Gasteiger partial charge >= 0.3 is 0 Å².